The van der Waals surface area contributed by atoms with E-state index in [9.17, 15) is 4.79 Å². The molecule has 0 amide bonds. The molecular weight excluding hydrogens is 296 g/mol. The molecule has 0 saturated heterocycles. The van der Waals surface area contributed by atoms with E-state index in [1.54, 1.807) is 27.7 Å². The molecule has 102 valence electrons. The van der Waals surface area contributed by atoms with E-state index in [1.807, 2.05) is 0 Å². The van der Waals surface area contributed by atoms with Crippen molar-refractivity contribution in [1.82, 2.24) is 9.55 Å². The zero-order valence-electron chi connectivity index (χ0n) is 10.8. The number of aryl methyl sites for hydroxylation is 2. The summed E-state index contributed by atoms with van der Waals surface area (Å²) < 4.78 is 2.30. The Bertz CT molecular complexity index is 726. The minimum atomic E-state index is 0.110. The number of rotatable bonds is 4. The molecule has 2 aromatic rings. The first-order chi connectivity index (χ1) is 9.22. The molecule has 0 aromatic carbocycles. The van der Waals surface area contributed by atoms with E-state index in [0.29, 0.717) is 4.77 Å². The van der Waals surface area contributed by atoms with Gasteiger partial charge < -0.3 is 4.98 Å². The third-order valence-corrected chi connectivity index (χ3v) is 5.80. The van der Waals surface area contributed by atoms with Crippen LogP contribution in [0.1, 0.15) is 23.3 Å². The highest BCUT2D eigenvalue weighted by atomic mass is 32.2. The van der Waals surface area contributed by atoms with Crippen molar-refractivity contribution < 1.29 is 0 Å². The predicted octanol–water partition coefficient (Wildman–Crippen LogP) is 3.36. The average molecular weight is 312 g/mol. The molecule has 0 bridgehead atoms. The van der Waals surface area contributed by atoms with E-state index in [2.05, 4.69) is 11.2 Å². The van der Waals surface area contributed by atoms with Crippen LogP contribution in [0.3, 0.4) is 0 Å². The standard InChI is InChI=1S/C13H16N2OS3/c1-18-7-3-6-15-12(16)10-8-4-2-5-9(8)19-11(10)14-13(15)17/h2-7H2,1H3,(H,14,17). The number of hydrogen-bond acceptors (Lipinski definition) is 4. The minimum absolute atomic E-state index is 0.110. The van der Waals surface area contributed by atoms with Crippen molar-refractivity contribution in [2.24, 2.45) is 0 Å². The fourth-order valence-corrected chi connectivity index (χ4v) is 4.72. The maximum Gasteiger partial charge on any atom is 0.263 e. The molecule has 0 saturated carbocycles. The highest BCUT2D eigenvalue weighted by Crippen LogP contribution is 2.34. The summed E-state index contributed by atoms with van der Waals surface area (Å²) in [5.74, 6) is 1.06. The molecule has 0 unspecified atom stereocenters. The van der Waals surface area contributed by atoms with Crippen LogP contribution >= 0.6 is 35.3 Å². The van der Waals surface area contributed by atoms with Gasteiger partial charge in [0.05, 0.1) is 5.39 Å². The number of nitrogens with one attached hydrogen (secondary N) is 1. The number of aromatic amines is 1. The van der Waals surface area contributed by atoms with E-state index in [1.165, 1.54) is 16.9 Å². The van der Waals surface area contributed by atoms with Crippen LogP contribution in [0.5, 0.6) is 0 Å². The number of hydrogen-bond donors (Lipinski definition) is 1. The summed E-state index contributed by atoms with van der Waals surface area (Å²) >= 11 is 8.84. The van der Waals surface area contributed by atoms with E-state index in [4.69, 9.17) is 12.2 Å². The summed E-state index contributed by atoms with van der Waals surface area (Å²) in [5.41, 5.74) is 1.38. The maximum atomic E-state index is 12.6. The van der Waals surface area contributed by atoms with Crippen LogP contribution < -0.4 is 5.56 Å². The van der Waals surface area contributed by atoms with Gasteiger partial charge in [-0.2, -0.15) is 11.8 Å². The van der Waals surface area contributed by atoms with E-state index in [-0.39, 0.29) is 5.56 Å². The zero-order chi connectivity index (χ0) is 13.4. The van der Waals surface area contributed by atoms with Gasteiger partial charge in [-0.25, -0.2) is 0 Å². The lowest BCUT2D eigenvalue weighted by molar-refractivity contribution is 0.643. The lowest BCUT2D eigenvalue weighted by atomic mass is 10.2. The molecule has 1 aliphatic rings. The first kappa shape index (κ1) is 13.4. The van der Waals surface area contributed by atoms with Gasteiger partial charge in [0.25, 0.3) is 5.56 Å². The molecule has 0 fully saturated rings. The smallest absolute Gasteiger partial charge is 0.263 e. The van der Waals surface area contributed by atoms with Crippen molar-refractivity contribution in [3.8, 4) is 0 Å². The summed E-state index contributed by atoms with van der Waals surface area (Å²) in [6.45, 7) is 0.718. The molecule has 0 atom stereocenters. The molecule has 6 heteroatoms. The van der Waals surface area contributed by atoms with Crippen molar-refractivity contribution in [1.29, 1.82) is 0 Å². The van der Waals surface area contributed by atoms with Gasteiger partial charge in [-0.15, -0.1) is 11.3 Å². The molecule has 2 heterocycles. The van der Waals surface area contributed by atoms with Crippen molar-refractivity contribution in [3.63, 3.8) is 0 Å². The molecule has 0 radical (unpaired) electrons. The number of thioether (sulfide) groups is 1. The topological polar surface area (TPSA) is 37.8 Å². The second-order valence-electron chi connectivity index (χ2n) is 4.79. The molecule has 0 aliphatic heterocycles. The van der Waals surface area contributed by atoms with Gasteiger partial charge in [0.2, 0.25) is 0 Å². The van der Waals surface area contributed by atoms with Crippen molar-refractivity contribution in [2.45, 2.75) is 32.2 Å². The predicted molar refractivity (Wildman–Crippen MR) is 86.3 cm³/mol. The van der Waals surface area contributed by atoms with Crippen LogP contribution in [0.2, 0.25) is 0 Å². The Balaban J connectivity index is 2.13. The van der Waals surface area contributed by atoms with Gasteiger partial charge in [0.1, 0.15) is 4.83 Å². The quantitative estimate of drug-likeness (QED) is 0.695. The summed E-state index contributed by atoms with van der Waals surface area (Å²) in [4.78, 5) is 18.2. The molecule has 3 nitrogen and oxygen atoms in total. The van der Waals surface area contributed by atoms with Crippen LogP contribution in [-0.4, -0.2) is 21.6 Å². The number of fused-ring (bicyclic) bond motifs is 3. The summed E-state index contributed by atoms with van der Waals surface area (Å²) in [5, 5.41) is 0.898. The Morgan fingerprint density at radius 1 is 1.47 bits per heavy atom. The Labute approximate surface area is 125 Å². The van der Waals surface area contributed by atoms with Gasteiger partial charge in [0, 0.05) is 11.4 Å². The van der Waals surface area contributed by atoms with E-state index >= 15 is 0 Å². The van der Waals surface area contributed by atoms with Gasteiger partial charge in [-0.1, -0.05) is 0 Å². The maximum absolute atomic E-state index is 12.6. The van der Waals surface area contributed by atoms with Gasteiger partial charge in [0.15, 0.2) is 4.77 Å². The molecule has 0 spiro atoms. The Kier molecular flexibility index (Phi) is 3.82. The van der Waals surface area contributed by atoms with Crippen LogP contribution in [0, 0.1) is 4.77 Å². The minimum Gasteiger partial charge on any atom is -0.323 e. The summed E-state index contributed by atoms with van der Waals surface area (Å²) in [7, 11) is 0. The van der Waals surface area contributed by atoms with Crippen molar-refractivity contribution >= 4 is 45.5 Å². The first-order valence-corrected chi connectivity index (χ1v) is 9.10. The molecule has 1 aliphatic carbocycles. The van der Waals surface area contributed by atoms with Crippen LogP contribution in [0.15, 0.2) is 4.79 Å². The lowest BCUT2D eigenvalue weighted by Gasteiger charge is -2.06. The Hall–Kier alpha value is -0.590. The Morgan fingerprint density at radius 2 is 2.32 bits per heavy atom. The second kappa shape index (κ2) is 5.42. The highest BCUT2D eigenvalue weighted by molar-refractivity contribution is 7.98. The largest absolute Gasteiger partial charge is 0.323 e. The fourth-order valence-electron chi connectivity index (χ4n) is 2.68. The van der Waals surface area contributed by atoms with Crippen molar-refractivity contribution in [2.75, 3.05) is 12.0 Å². The third kappa shape index (κ3) is 2.30. The molecule has 19 heavy (non-hydrogen) atoms. The third-order valence-electron chi connectivity index (χ3n) is 3.58. The zero-order valence-corrected chi connectivity index (χ0v) is 13.3. The normalized spacial score (nSPS) is 14.2. The van der Waals surface area contributed by atoms with E-state index < -0.39 is 0 Å². The van der Waals surface area contributed by atoms with E-state index in [0.717, 1.165) is 41.8 Å². The average Bonchev–Trinajstić information content (AvgIpc) is 2.93. The second-order valence-corrected chi connectivity index (χ2v) is 7.27. The van der Waals surface area contributed by atoms with Crippen LogP contribution in [0.4, 0.5) is 0 Å². The summed E-state index contributed by atoms with van der Waals surface area (Å²) in [6.07, 6.45) is 6.40. The first-order valence-electron chi connectivity index (χ1n) is 6.48. The number of H-pyrrole nitrogens is 1. The highest BCUT2D eigenvalue weighted by Gasteiger charge is 2.21. The SMILES string of the molecule is CSCCCn1c(=S)[nH]c2sc3c(c2c1=O)CCC3. The van der Waals surface area contributed by atoms with Crippen molar-refractivity contribution in [3.05, 3.63) is 25.6 Å². The Morgan fingerprint density at radius 3 is 3.11 bits per heavy atom. The molecule has 2 aromatic heterocycles. The number of thiophene rings is 1. The number of aromatic nitrogens is 2. The fraction of sp³-hybridized carbons (Fsp3) is 0.538. The molecule has 1 N–H and O–H groups in total. The van der Waals surface area contributed by atoms with Crippen LogP contribution in [-0.2, 0) is 19.4 Å². The van der Waals surface area contributed by atoms with Gasteiger partial charge >= 0.3 is 0 Å². The number of nitrogens with zero attached hydrogens (tertiary/aromatic N) is 1. The van der Waals surface area contributed by atoms with Crippen LogP contribution in [0.25, 0.3) is 10.2 Å². The van der Waals surface area contributed by atoms with Gasteiger partial charge in [-0.05, 0) is 55.5 Å². The molecule has 3 rings (SSSR count). The summed E-state index contributed by atoms with van der Waals surface area (Å²) in [6, 6.07) is 0. The lowest BCUT2D eigenvalue weighted by Crippen LogP contribution is -2.22. The van der Waals surface area contributed by atoms with Gasteiger partial charge in [-0.3, -0.25) is 9.36 Å². The monoisotopic (exact) mass is 312 g/mol. The molecular formula is C13H16N2OS3.